The minimum absolute atomic E-state index is 0.118. The molecule has 0 unspecified atom stereocenters. The lowest BCUT2D eigenvalue weighted by molar-refractivity contribution is -0.118. The van der Waals surface area contributed by atoms with Gasteiger partial charge in [0, 0.05) is 13.5 Å². The molecule has 0 aliphatic heterocycles. The van der Waals surface area contributed by atoms with E-state index < -0.39 is 0 Å². The van der Waals surface area contributed by atoms with Crippen LogP contribution in [0, 0.1) is 0 Å². The van der Waals surface area contributed by atoms with Gasteiger partial charge in [0.2, 0.25) is 11.7 Å². The highest BCUT2D eigenvalue weighted by Crippen LogP contribution is 2.14. The average Bonchev–Trinajstić information content (AvgIpc) is 2.87. The topological polar surface area (TPSA) is 73.8 Å². The number of imidazole rings is 1. The molecule has 0 radical (unpaired) electrons. The Balaban J connectivity index is 2.11. The molecule has 0 N–H and O–H groups in total. The van der Waals surface area contributed by atoms with Crippen LogP contribution in [0.4, 0.5) is 0 Å². The lowest BCUT2D eigenvalue weighted by Gasteiger charge is -1.93. The third kappa shape index (κ3) is 2.58. The van der Waals surface area contributed by atoms with Crippen molar-refractivity contribution in [1.82, 2.24) is 19.7 Å². The Morgan fingerprint density at radius 3 is 3.00 bits per heavy atom. The molecule has 17 heavy (non-hydrogen) atoms. The maximum absolute atomic E-state index is 11.4. The Hall–Kier alpha value is -1.98. The molecule has 0 spiro atoms. The van der Waals surface area contributed by atoms with Gasteiger partial charge in [-0.3, -0.25) is 4.79 Å². The molecule has 2 aromatic heterocycles. The predicted octanol–water partition coefficient (Wildman–Crippen LogP) is 1.38. The first-order chi connectivity index (χ1) is 8.20. The van der Waals surface area contributed by atoms with Gasteiger partial charge in [-0.2, -0.15) is 4.98 Å². The van der Waals surface area contributed by atoms with Gasteiger partial charge in [-0.25, -0.2) is 4.98 Å². The molecule has 2 rings (SSSR count). The second-order valence-electron chi connectivity index (χ2n) is 3.87. The highest BCUT2D eigenvalue weighted by molar-refractivity contribution is 5.79. The molecular formula is C11H14N4O2. The normalized spacial score (nSPS) is 10.7. The van der Waals surface area contributed by atoms with Gasteiger partial charge in [-0.1, -0.05) is 12.1 Å². The number of rotatable bonds is 5. The van der Waals surface area contributed by atoms with Crippen molar-refractivity contribution < 1.29 is 9.32 Å². The average molecular weight is 234 g/mol. The van der Waals surface area contributed by atoms with Crippen molar-refractivity contribution in [1.29, 1.82) is 0 Å². The Bertz CT molecular complexity index is 515. The number of carbonyl (C=O) groups is 1. The highest BCUT2D eigenvalue weighted by atomic mass is 16.5. The van der Waals surface area contributed by atoms with Gasteiger partial charge in [-0.15, -0.1) is 0 Å². The van der Waals surface area contributed by atoms with Crippen molar-refractivity contribution in [2.45, 2.75) is 26.2 Å². The van der Waals surface area contributed by atoms with E-state index in [1.807, 2.05) is 14.0 Å². The SMILES string of the molecule is CCCC(=O)Cc1nc(-c2cncn2C)no1. The number of nitrogens with zero attached hydrogens (tertiary/aromatic N) is 4. The number of hydrogen-bond donors (Lipinski definition) is 0. The summed E-state index contributed by atoms with van der Waals surface area (Å²) >= 11 is 0. The summed E-state index contributed by atoms with van der Waals surface area (Å²) in [4.78, 5) is 19.6. The first-order valence-corrected chi connectivity index (χ1v) is 5.51. The van der Waals surface area contributed by atoms with Crippen molar-refractivity contribution in [3.63, 3.8) is 0 Å². The monoisotopic (exact) mass is 234 g/mol. The van der Waals surface area contributed by atoms with E-state index in [0.717, 1.165) is 12.1 Å². The van der Waals surface area contributed by atoms with E-state index in [0.29, 0.717) is 18.1 Å². The molecule has 2 aromatic rings. The zero-order chi connectivity index (χ0) is 12.3. The summed E-state index contributed by atoms with van der Waals surface area (Å²) in [6.07, 6.45) is 4.90. The van der Waals surface area contributed by atoms with Gasteiger partial charge >= 0.3 is 0 Å². The summed E-state index contributed by atoms with van der Waals surface area (Å²) in [6.45, 7) is 1.97. The molecule has 6 heteroatoms. The predicted molar refractivity (Wildman–Crippen MR) is 60.1 cm³/mol. The third-order valence-corrected chi connectivity index (χ3v) is 2.39. The molecule has 6 nitrogen and oxygen atoms in total. The van der Waals surface area contributed by atoms with Crippen molar-refractivity contribution in [3.8, 4) is 11.5 Å². The van der Waals surface area contributed by atoms with Crippen molar-refractivity contribution >= 4 is 5.78 Å². The number of carbonyl (C=O) groups excluding carboxylic acids is 1. The van der Waals surface area contributed by atoms with Crippen LogP contribution in [0.2, 0.25) is 0 Å². The molecule has 0 aromatic carbocycles. The largest absolute Gasteiger partial charge is 0.338 e. The minimum Gasteiger partial charge on any atom is -0.338 e. The van der Waals surface area contributed by atoms with Gasteiger partial charge in [0.25, 0.3) is 0 Å². The number of aryl methyl sites for hydroxylation is 1. The van der Waals surface area contributed by atoms with Crippen LogP contribution < -0.4 is 0 Å². The van der Waals surface area contributed by atoms with Gasteiger partial charge in [0.1, 0.15) is 11.5 Å². The summed E-state index contributed by atoms with van der Waals surface area (Å²) in [6, 6.07) is 0. The van der Waals surface area contributed by atoms with Crippen LogP contribution in [0.1, 0.15) is 25.7 Å². The molecule has 0 aliphatic rings. The second-order valence-corrected chi connectivity index (χ2v) is 3.87. The van der Waals surface area contributed by atoms with Crippen LogP contribution in [-0.4, -0.2) is 25.5 Å². The minimum atomic E-state index is 0.118. The number of aromatic nitrogens is 4. The van der Waals surface area contributed by atoms with E-state index >= 15 is 0 Å². The Kier molecular flexibility index (Phi) is 3.32. The van der Waals surface area contributed by atoms with Gasteiger partial charge in [0.05, 0.1) is 18.9 Å². The Morgan fingerprint density at radius 1 is 1.53 bits per heavy atom. The van der Waals surface area contributed by atoms with Crippen LogP contribution >= 0.6 is 0 Å². The molecule has 0 aliphatic carbocycles. The summed E-state index contributed by atoms with van der Waals surface area (Å²) in [5.74, 6) is 0.941. The first-order valence-electron chi connectivity index (χ1n) is 5.51. The maximum Gasteiger partial charge on any atom is 0.234 e. The Labute approximate surface area is 98.7 Å². The molecular weight excluding hydrogens is 220 g/mol. The van der Waals surface area contributed by atoms with E-state index in [9.17, 15) is 4.79 Å². The number of Topliss-reactive ketones (excluding diaryl/α,β-unsaturated/α-hetero) is 1. The van der Waals surface area contributed by atoms with Crippen LogP contribution in [0.3, 0.4) is 0 Å². The van der Waals surface area contributed by atoms with Crippen LogP contribution in [0.25, 0.3) is 11.5 Å². The fraction of sp³-hybridized carbons (Fsp3) is 0.455. The molecule has 0 fully saturated rings. The standard InChI is InChI=1S/C11H14N4O2/c1-3-4-8(16)5-10-13-11(14-17-10)9-6-12-7-15(9)2/h6-7H,3-5H2,1-2H3. The Morgan fingerprint density at radius 2 is 2.35 bits per heavy atom. The first kappa shape index (κ1) is 11.5. The smallest absolute Gasteiger partial charge is 0.234 e. The van der Waals surface area contributed by atoms with E-state index in [1.165, 1.54) is 0 Å². The molecule has 90 valence electrons. The molecule has 0 bridgehead atoms. The maximum atomic E-state index is 11.4. The fourth-order valence-electron chi connectivity index (χ4n) is 1.54. The zero-order valence-electron chi connectivity index (χ0n) is 9.88. The molecule has 0 saturated carbocycles. The van der Waals surface area contributed by atoms with E-state index in [1.54, 1.807) is 17.1 Å². The number of hydrogen-bond acceptors (Lipinski definition) is 5. The molecule has 0 atom stereocenters. The van der Waals surface area contributed by atoms with Gasteiger partial charge in [0.15, 0.2) is 0 Å². The summed E-state index contributed by atoms with van der Waals surface area (Å²) in [5.41, 5.74) is 0.767. The van der Waals surface area contributed by atoms with Crippen LogP contribution in [-0.2, 0) is 18.3 Å². The molecule has 0 saturated heterocycles. The lowest BCUT2D eigenvalue weighted by Crippen LogP contribution is -2.02. The van der Waals surface area contributed by atoms with Crippen molar-refractivity contribution in [2.75, 3.05) is 0 Å². The van der Waals surface area contributed by atoms with Crippen LogP contribution in [0.5, 0.6) is 0 Å². The van der Waals surface area contributed by atoms with Crippen molar-refractivity contribution in [2.24, 2.45) is 7.05 Å². The van der Waals surface area contributed by atoms with E-state index in [-0.39, 0.29) is 12.2 Å². The second kappa shape index (κ2) is 4.90. The lowest BCUT2D eigenvalue weighted by atomic mass is 10.2. The van der Waals surface area contributed by atoms with Gasteiger partial charge < -0.3 is 9.09 Å². The van der Waals surface area contributed by atoms with Gasteiger partial charge in [-0.05, 0) is 6.42 Å². The van der Waals surface area contributed by atoms with E-state index in [4.69, 9.17) is 4.52 Å². The fourth-order valence-corrected chi connectivity index (χ4v) is 1.54. The quantitative estimate of drug-likeness (QED) is 0.781. The summed E-state index contributed by atoms with van der Waals surface area (Å²) in [5, 5.41) is 3.83. The highest BCUT2D eigenvalue weighted by Gasteiger charge is 2.13. The van der Waals surface area contributed by atoms with Crippen LogP contribution in [0.15, 0.2) is 17.0 Å². The summed E-state index contributed by atoms with van der Waals surface area (Å²) in [7, 11) is 1.85. The molecule has 2 heterocycles. The summed E-state index contributed by atoms with van der Waals surface area (Å²) < 4.78 is 6.83. The van der Waals surface area contributed by atoms with E-state index in [2.05, 4.69) is 15.1 Å². The molecule has 0 amide bonds. The zero-order valence-corrected chi connectivity index (χ0v) is 9.88. The van der Waals surface area contributed by atoms with Crippen molar-refractivity contribution in [3.05, 3.63) is 18.4 Å². The third-order valence-electron chi connectivity index (χ3n) is 2.39. The number of ketones is 1.